The van der Waals surface area contributed by atoms with Gasteiger partial charge < -0.3 is 0 Å². The third-order valence-corrected chi connectivity index (χ3v) is 5.21. The van der Waals surface area contributed by atoms with Gasteiger partial charge in [-0.05, 0) is 37.5 Å². The molecule has 0 aromatic rings. The minimum atomic E-state index is 0.521. The number of ketones is 1. The van der Waals surface area contributed by atoms with E-state index in [1.54, 1.807) is 0 Å². The third-order valence-electron chi connectivity index (χ3n) is 5.21. The molecule has 0 aromatic carbocycles. The molecule has 3 atom stereocenters. The van der Waals surface area contributed by atoms with Crippen LogP contribution in [0.25, 0.3) is 0 Å². The van der Waals surface area contributed by atoms with Gasteiger partial charge in [0, 0.05) is 31.0 Å². The van der Waals surface area contributed by atoms with Crippen LogP contribution in [-0.2, 0) is 4.79 Å². The van der Waals surface area contributed by atoms with Crippen molar-refractivity contribution in [1.29, 1.82) is 0 Å². The first kappa shape index (κ1) is 11.7. The molecule has 2 heteroatoms. The van der Waals surface area contributed by atoms with E-state index in [1.807, 2.05) is 0 Å². The number of piperidine rings is 2. The van der Waals surface area contributed by atoms with Crippen LogP contribution in [0.4, 0.5) is 0 Å². The summed E-state index contributed by atoms with van der Waals surface area (Å²) in [7, 11) is 0. The Morgan fingerprint density at radius 3 is 2.24 bits per heavy atom. The number of carbonyl (C=O) groups is 1. The number of nitrogens with zero attached hydrogens (tertiary/aromatic N) is 1. The summed E-state index contributed by atoms with van der Waals surface area (Å²) in [5, 5.41) is 0. The highest BCUT2D eigenvalue weighted by Gasteiger charge is 2.44. The molecule has 2 bridgehead atoms. The molecule has 17 heavy (non-hydrogen) atoms. The topological polar surface area (TPSA) is 20.3 Å². The van der Waals surface area contributed by atoms with Crippen LogP contribution in [0.2, 0.25) is 0 Å². The lowest BCUT2D eigenvalue weighted by atomic mass is 9.82. The lowest BCUT2D eigenvalue weighted by molar-refractivity contribution is -0.128. The maximum Gasteiger partial charge on any atom is 0.136 e. The third kappa shape index (κ3) is 2.16. The van der Waals surface area contributed by atoms with Crippen molar-refractivity contribution < 1.29 is 4.79 Å². The minimum absolute atomic E-state index is 0.521. The zero-order valence-corrected chi connectivity index (χ0v) is 11.2. The molecule has 0 spiro atoms. The van der Waals surface area contributed by atoms with Gasteiger partial charge in [-0.15, -0.1) is 0 Å². The average molecular weight is 235 g/mol. The molecule has 0 aromatic heterocycles. The Hall–Kier alpha value is -0.370. The van der Waals surface area contributed by atoms with Crippen molar-refractivity contribution >= 4 is 5.78 Å². The van der Waals surface area contributed by atoms with E-state index in [9.17, 15) is 4.79 Å². The van der Waals surface area contributed by atoms with E-state index in [4.69, 9.17) is 0 Å². The Morgan fingerprint density at radius 1 is 1.06 bits per heavy atom. The molecule has 3 fully saturated rings. The second kappa shape index (κ2) is 4.08. The van der Waals surface area contributed by atoms with Gasteiger partial charge in [-0.3, -0.25) is 9.69 Å². The van der Waals surface area contributed by atoms with Gasteiger partial charge in [-0.1, -0.05) is 20.3 Å². The van der Waals surface area contributed by atoms with Crippen LogP contribution < -0.4 is 0 Å². The predicted molar refractivity (Wildman–Crippen MR) is 68.9 cm³/mol. The van der Waals surface area contributed by atoms with Crippen molar-refractivity contribution in [2.45, 2.75) is 83.3 Å². The van der Waals surface area contributed by atoms with Crippen molar-refractivity contribution in [2.75, 3.05) is 0 Å². The normalized spacial score (nSPS) is 41.8. The molecule has 2 nitrogen and oxygen atoms in total. The van der Waals surface area contributed by atoms with E-state index in [1.165, 1.54) is 38.5 Å². The number of rotatable bonds is 1. The van der Waals surface area contributed by atoms with Crippen molar-refractivity contribution in [1.82, 2.24) is 4.90 Å². The Kier molecular flexibility index (Phi) is 2.81. The molecular weight excluding hydrogens is 210 g/mol. The second-order valence-corrected chi connectivity index (χ2v) is 7.19. The molecule has 2 aliphatic heterocycles. The maximum absolute atomic E-state index is 11.7. The van der Waals surface area contributed by atoms with Crippen molar-refractivity contribution in [3.8, 4) is 0 Å². The zero-order chi connectivity index (χ0) is 12.0. The summed E-state index contributed by atoms with van der Waals surface area (Å²) in [6.07, 6.45) is 9.61. The zero-order valence-electron chi connectivity index (χ0n) is 11.2. The van der Waals surface area contributed by atoms with E-state index < -0.39 is 0 Å². The van der Waals surface area contributed by atoms with Gasteiger partial charge in [0.2, 0.25) is 0 Å². The van der Waals surface area contributed by atoms with Gasteiger partial charge in [-0.2, -0.15) is 0 Å². The summed E-state index contributed by atoms with van der Waals surface area (Å²) in [6, 6.07) is 1.95. The molecule has 2 saturated heterocycles. The molecule has 3 unspecified atom stereocenters. The number of hydrogen-bond donors (Lipinski definition) is 0. The van der Waals surface area contributed by atoms with Crippen molar-refractivity contribution in [3.63, 3.8) is 0 Å². The number of fused-ring (bicyclic) bond motifs is 2. The first-order valence-corrected chi connectivity index (χ1v) is 7.34. The van der Waals surface area contributed by atoms with Gasteiger partial charge in [0.15, 0.2) is 0 Å². The van der Waals surface area contributed by atoms with E-state index >= 15 is 0 Å². The SMILES string of the molecule is CC1(C)CCC(N2C3CCCC2CC(=O)C3)C1. The molecule has 0 N–H and O–H groups in total. The second-order valence-electron chi connectivity index (χ2n) is 7.19. The molecular formula is C15H25NO. The first-order chi connectivity index (χ1) is 8.05. The highest BCUT2D eigenvalue weighted by atomic mass is 16.1. The molecule has 0 radical (unpaired) electrons. The summed E-state index contributed by atoms with van der Waals surface area (Å²) in [4.78, 5) is 14.5. The van der Waals surface area contributed by atoms with E-state index in [0.717, 1.165) is 18.9 Å². The molecule has 3 aliphatic rings. The largest absolute Gasteiger partial charge is 0.300 e. The van der Waals surface area contributed by atoms with Gasteiger partial charge in [-0.25, -0.2) is 0 Å². The molecule has 3 rings (SSSR count). The van der Waals surface area contributed by atoms with Gasteiger partial charge in [0.05, 0.1) is 0 Å². The van der Waals surface area contributed by atoms with Crippen molar-refractivity contribution in [3.05, 3.63) is 0 Å². The van der Waals surface area contributed by atoms with Crippen molar-refractivity contribution in [2.24, 2.45) is 5.41 Å². The van der Waals surface area contributed by atoms with E-state index in [2.05, 4.69) is 18.7 Å². The summed E-state index contributed by atoms with van der Waals surface area (Å²) >= 11 is 0. The molecule has 0 amide bonds. The van der Waals surface area contributed by atoms with Gasteiger partial charge >= 0.3 is 0 Å². The molecule has 2 heterocycles. The van der Waals surface area contributed by atoms with Gasteiger partial charge in [0.1, 0.15) is 5.78 Å². The Bertz CT molecular complexity index is 307. The quantitative estimate of drug-likeness (QED) is 0.696. The lowest BCUT2D eigenvalue weighted by Crippen LogP contribution is -2.56. The Morgan fingerprint density at radius 2 is 1.71 bits per heavy atom. The highest BCUT2D eigenvalue weighted by molar-refractivity contribution is 5.80. The Labute approximate surface area is 105 Å². The fourth-order valence-electron chi connectivity index (χ4n) is 4.46. The molecule has 96 valence electrons. The van der Waals surface area contributed by atoms with Crippen LogP contribution in [-0.4, -0.2) is 28.8 Å². The van der Waals surface area contributed by atoms with Crippen LogP contribution in [0.15, 0.2) is 0 Å². The average Bonchev–Trinajstić information content (AvgIpc) is 2.57. The fraction of sp³-hybridized carbons (Fsp3) is 0.933. The van der Waals surface area contributed by atoms with Crippen LogP contribution >= 0.6 is 0 Å². The smallest absolute Gasteiger partial charge is 0.136 e. The summed E-state index contributed by atoms with van der Waals surface area (Å²) < 4.78 is 0. The monoisotopic (exact) mass is 235 g/mol. The highest BCUT2D eigenvalue weighted by Crippen LogP contribution is 2.44. The van der Waals surface area contributed by atoms with Crippen LogP contribution in [0.3, 0.4) is 0 Å². The van der Waals surface area contributed by atoms with E-state index in [0.29, 0.717) is 23.3 Å². The first-order valence-electron chi connectivity index (χ1n) is 7.34. The van der Waals surface area contributed by atoms with Crippen LogP contribution in [0, 0.1) is 5.41 Å². The number of hydrogen-bond acceptors (Lipinski definition) is 2. The van der Waals surface area contributed by atoms with Gasteiger partial charge in [0.25, 0.3) is 0 Å². The standard InChI is InChI=1S/C15H25NO/c1-15(2)7-6-13(10-15)16-11-4-3-5-12(16)9-14(17)8-11/h11-13H,3-10H2,1-2H3. The summed E-state index contributed by atoms with van der Waals surface area (Å²) in [5.41, 5.74) is 0.528. The predicted octanol–water partition coefficient (Wildman–Crippen LogP) is 3.15. The molecule has 1 aliphatic carbocycles. The number of Topliss-reactive ketones (excluding diaryl/α,β-unsaturated/α-hetero) is 1. The minimum Gasteiger partial charge on any atom is -0.300 e. The Balaban J connectivity index is 1.76. The maximum atomic E-state index is 11.7. The number of carbonyl (C=O) groups excluding carboxylic acids is 1. The van der Waals surface area contributed by atoms with E-state index in [-0.39, 0.29) is 0 Å². The van der Waals surface area contributed by atoms with Crippen LogP contribution in [0.5, 0.6) is 0 Å². The summed E-state index contributed by atoms with van der Waals surface area (Å²) in [5.74, 6) is 0.521. The summed E-state index contributed by atoms with van der Waals surface area (Å²) in [6.45, 7) is 4.80. The fourth-order valence-corrected chi connectivity index (χ4v) is 4.46. The lowest BCUT2D eigenvalue weighted by Gasteiger charge is -2.49. The van der Waals surface area contributed by atoms with Crippen LogP contribution in [0.1, 0.15) is 65.2 Å². The molecule has 1 saturated carbocycles.